The van der Waals surface area contributed by atoms with Crippen molar-refractivity contribution >= 4 is 38.5 Å². The molecule has 0 aliphatic heterocycles. The molecule has 0 aliphatic carbocycles. The Morgan fingerprint density at radius 1 is 1.00 bits per heavy atom. The lowest BCUT2D eigenvalue weighted by Crippen LogP contribution is -2.08. The van der Waals surface area contributed by atoms with Gasteiger partial charge in [-0.05, 0) is 42.3 Å². The molecule has 10 heteroatoms. The molecule has 160 valence electrons. The maximum absolute atomic E-state index is 12.7. The molecule has 1 aromatic heterocycles. The Morgan fingerprint density at radius 2 is 1.63 bits per heavy atom. The van der Waals surface area contributed by atoms with Crippen molar-refractivity contribution in [1.82, 2.24) is 14.8 Å². The summed E-state index contributed by atoms with van der Waals surface area (Å²) in [7, 11) is -1.13. The van der Waals surface area contributed by atoms with Gasteiger partial charge in [-0.2, -0.15) is 13.2 Å². The van der Waals surface area contributed by atoms with Gasteiger partial charge in [-0.1, -0.05) is 52.0 Å². The zero-order valence-electron chi connectivity index (χ0n) is 16.0. The summed E-state index contributed by atoms with van der Waals surface area (Å²) in [4.78, 5) is 0. The molecule has 0 amide bonds. The molecule has 3 aromatic rings. The largest absolute Gasteiger partial charge is 0.416 e. The fourth-order valence-corrected chi connectivity index (χ4v) is 5.16. The average molecular weight is 518 g/mol. The maximum Gasteiger partial charge on any atom is 0.416 e. The maximum atomic E-state index is 12.7. The van der Waals surface area contributed by atoms with Crippen LogP contribution in [0.2, 0.25) is 0 Å². The number of hydrogen-bond acceptors (Lipinski definition) is 4. The van der Waals surface area contributed by atoms with Gasteiger partial charge in [0.15, 0.2) is 5.16 Å². The van der Waals surface area contributed by atoms with Crippen molar-refractivity contribution in [3.8, 4) is 0 Å². The minimum Gasteiger partial charge on any atom is -0.306 e. The number of rotatable bonds is 8. The van der Waals surface area contributed by atoms with Crippen LogP contribution in [0.1, 0.15) is 29.4 Å². The SMILES string of the molecule is CCn1c(C[S@](=O)Cc2ccc(Br)cc2)nnc1SCc1ccc(C(F)(F)F)cc1. The number of nitrogens with zero attached hydrogens (tertiary/aromatic N) is 3. The summed E-state index contributed by atoms with van der Waals surface area (Å²) in [5, 5.41) is 9.03. The van der Waals surface area contributed by atoms with Gasteiger partial charge in [0.25, 0.3) is 0 Å². The Morgan fingerprint density at radius 3 is 2.23 bits per heavy atom. The van der Waals surface area contributed by atoms with Crippen molar-refractivity contribution < 1.29 is 17.4 Å². The van der Waals surface area contributed by atoms with Gasteiger partial charge in [0.2, 0.25) is 0 Å². The molecule has 0 radical (unpaired) electrons. The van der Waals surface area contributed by atoms with Crippen molar-refractivity contribution in [3.05, 3.63) is 75.5 Å². The molecule has 3 rings (SSSR count). The molecule has 0 saturated carbocycles. The lowest BCUT2D eigenvalue weighted by atomic mass is 10.1. The van der Waals surface area contributed by atoms with Crippen molar-refractivity contribution in [3.63, 3.8) is 0 Å². The zero-order valence-corrected chi connectivity index (χ0v) is 19.2. The summed E-state index contributed by atoms with van der Waals surface area (Å²) in [5.41, 5.74) is 1.08. The van der Waals surface area contributed by atoms with Crippen LogP contribution in [0.5, 0.6) is 0 Å². The van der Waals surface area contributed by atoms with E-state index in [0.717, 1.165) is 27.7 Å². The summed E-state index contributed by atoms with van der Waals surface area (Å²) in [6.45, 7) is 2.57. The van der Waals surface area contributed by atoms with Crippen LogP contribution in [-0.4, -0.2) is 19.0 Å². The normalized spacial score (nSPS) is 12.8. The van der Waals surface area contributed by atoms with E-state index in [4.69, 9.17) is 0 Å². The Kier molecular flexibility index (Phi) is 7.75. The van der Waals surface area contributed by atoms with Gasteiger partial charge in [0, 0.05) is 33.3 Å². The molecule has 4 nitrogen and oxygen atoms in total. The van der Waals surface area contributed by atoms with Crippen LogP contribution in [0.15, 0.2) is 58.2 Å². The Hall–Kier alpha value is -1.65. The van der Waals surface area contributed by atoms with E-state index in [1.807, 2.05) is 35.8 Å². The van der Waals surface area contributed by atoms with Crippen molar-refractivity contribution in [2.45, 2.75) is 42.1 Å². The second kappa shape index (κ2) is 10.1. The molecule has 1 heterocycles. The molecular formula is C20H19BrF3N3OS2. The second-order valence-corrected chi connectivity index (χ2v) is 9.80. The number of hydrogen-bond donors (Lipinski definition) is 0. The first-order chi connectivity index (χ1) is 14.3. The topological polar surface area (TPSA) is 47.8 Å². The average Bonchev–Trinajstić information content (AvgIpc) is 3.09. The van der Waals surface area contributed by atoms with Gasteiger partial charge >= 0.3 is 6.18 Å². The molecule has 0 fully saturated rings. The lowest BCUT2D eigenvalue weighted by Gasteiger charge is -2.09. The van der Waals surface area contributed by atoms with E-state index in [1.165, 1.54) is 23.9 Å². The molecular weight excluding hydrogens is 499 g/mol. The van der Waals surface area contributed by atoms with Gasteiger partial charge < -0.3 is 4.57 Å². The quantitative estimate of drug-likeness (QED) is 0.353. The van der Waals surface area contributed by atoms with Crippen molar-refractivity contribution in [2.24, 2.45) is 0 Å². The first-order valence-electron chi connectivity index (χ1n) is 9.06. The summed E-state index contributed by atoms with van der Waals surface area (Å²) in [6, 6.07) is 12.8. The smallest absolute Gasteiger partial charge is 0.306 e. The van der Waals surface area contributed by atoms with Crippen LogP contribution in [-0.2, 0) is 40.8 Å². The Bertz CT molecular complexity index is 1010. The van der Waals surface area contributed by atoms with E-state index in [2.05, 4.69) is 26.1 Å². The van der Waals surface area contributed by atoms with E-state index in [-0.39, 0.29) is 5.75 Å². The summed E-state index contributed by atoms with van der Waals surface area (Å²) < 4.78 is 53.5. The number of alkyl halides is 3. The molecule has 30 heavy (non-hydrogen) atoms. The number of halogens is 4. The van der Waals surface area contributed by atoms with E-state index < -0.39 is 22.5 Å². The lowest BCUT2D eigenvalue weighted by molar-refractivity contribution is -0.137. The van der Waals surface area contributed by atoms with Crippen LogP contribution in [0.4, 0.5) is 13.2 Å². The van der Waals surface area contributed by atoms with Crippen LogP contribution in [0, 0.1) is 0 Å². The Balaban J connectivity index is 1.62. The molecule has 1 atom stereocenters. The first-order valence-corrected chi connectivity index (χ1v) is 12.3. The third-order valence-corrected chi connectivity index (χ3v) is 7.09. The highest BCUT2D eigenvalue weighted by atomic mass is 79.9. The fraction of sp³-hybridized carbons (Fsp3) is 0.300. The molecule has 0 N–H and O–H groups in total. The van der Waals surface area contributed by atoms with Gasteiger partial charge in [0.1, 0.15) is 5.82 Å². The van der Waals surface area contributed by atoms with Crippen LogP contribution < -0.4 is 0 Å². The Labute approximate surface area is 187 Å². The number of aromatic nitrogens is 3. The van der Waals surface area contributed by atoms with E-state index in [0.29, 0.717) is 29.0 Å². The third-order valence-electron chi connectivity index (χ3n) is 4.29. The van der Waals surface area contributed by atoms with Crippen LogP contribution in [0.3, 0.4) is 0 Å². The third kappa shape index (κ3) is 6.18. The van der Waals surface area contributed by atoms with Gasteiger partial charge in [-0.3, -0.25) is 4.21 Å². The molecule has 2 aromatic carbocycles. The van der Waals surface area contributed by atoms with Crippen LogP contribution in [0.25, 0.3) is 0 Å². The number of thioether (sulfide) groups is 1. The van der Waals surface area contributed by atoms with Crippen LogP contribution >= 0.6 is 27.7 Å². The van der Waals surface area contributed by atoms with E-state index >= 15 is 0 Å². The minimum atomic E-state index is -4.34. The van der Waals surface area contributed by atoms with Gasteiger partial charge in [-0.25, -0.2) is 0 Å². The highest BCUT2D eigenvalue weighted by Crippen LogP contribution is 2.30. The van der Waals surface area contributed by atoms with E-state index in [1.54, 1.807) is 0 Å². The molecule has 0 spiro atoms. The first kappa shape index (κ1) is 23.0. The molecule has 0 bridgehead atoms. The summed E-state index contributed by atoms with van der Waals surface area (Å²) in [6.07, 6.45) is -4.34. The molecule has 0 unspecified atom stereocenters. The minimum absolute atomic E-state index is 0.289. The monoisotopic (exact) mass is 517 g/mol. The standard InChI is InChI=1S/C20H19BrF3N3OS2/c1-2-27-18(13-30(28)12-15-5-9-17(21)10-6-15)25-26-19(27)29-11-14-3-7-16(8-4-14)20(22,23)24/h3-10H,2,11-13H2,1H3/t30-/m1/s1. The zero-order chi connectivity index (χ0) is 21.7. The summed E-state index contributed by atoms with van der Waals surface area (Å²) >= 11 is 4.78. The van der Waals surface area contributed by atoms with Crippen molar-refractivity contribution in [2.75, 3.05) is 0 Å². The predicted molar refractivity (Wildman–Crippen MR) is 116 cm³/mol. The van der Waals surface area contributed by atoms with Crippen molar-refractivity contribution in [1.29, 1.82) is 0 Å². The predicted octanol–water partition coefficient (Wildman–Crippen LogP) is 5.82. The highest BCUT2D eigenvalue weighted by molar-refractivity contribution is 9.10. The molecule has 0 aliphatic rings. The highest BCUT2D eigenvalue weighted by Gasteiger charge is 2.29. The van der Waals surface area contributed by atoms with Gasteiger partial charge in [-0.15, -0.1) is 10.2 Å². The second-order valence-electron chi connectivity index (χ2n) is 6.48. The summed E-state index contributed by atoms with van der Waals surface area (Å²) in [5.74, 6) is 1.83. The van der Waals surface area contributed by atoms with E-state index in [9.17, 15) is 17.4 Å². The van der Waals surface area contributed by atoms with Gasteiger partial charge in [0.05, 0.1) is 11.3 Å². The number of benzene rings is 2. The fourth-order valence-electron chi connectivity index (χ4n) is 2.75. The molecule has 0 saturated heterocycles.